The maximum atomic E-state index is 12.7. The Hall–Kier alpha value is -2.86. The van der Waals surface area contributed by atoms with Crippen LogP contribution in [0.1, 0.15) is 49.4 Å². The number of fused-ring (bicyclic) bond motifs is 1. The number of nitrogens with zero attached hydrogens (tertiary/aromatic N) is 2. The number of aromatic nitrogens is 2. The number of amides is 2. The third-order valence-electron chi connectivity index (χ3n) is 4.86. The second-order valence-electron chi connectivity index (χ2n) is 7.10. The van der Waals surface area contributed by atoms with E-state index in [-0.39, 0.29) is 24.4 Å². The number of rotatable bonds is 7. The van der Waals surface area contributed by atoms with Crippen molar-refractivity contribution in [2.45, 2.75) is 45.8 Å². The van der Waals surface area contributed by atoms with Crippen molar-refractivity contribution >= 4 is 34.4 Å². The number of para-hydroxylation sites is 2. The summed E-state index contributed by atoms with van der Waals surface area (Å²) in [5, 5.41) is 6.31. The number of hydrogen-bond acceptors (Lipinski definition) is 3. The molecule has 3 aromatic rings. The van der Waals surface area contributed by atoms with E-state index in [0.717, 1.165) is 17.5 Å². The van der Waals surface area contributed by atoms with E-state index >= 15 is 0 Å². The van der Waals surface area contributed by atoms with E-state index in [4.69, 9.17) is 11.6 Å². The van der Waals surface area contributed by atoms with E-state index in [1.807, 2.05) is 49.6 Å². The number of carbonyl (C=O) groups is 2. The van der Waals surface area contributed by atoms with Crippen molar-refractivity contribution in [1.82, 2.24) is 20.2 Å². The van der Waals surface area contributed by atoms with Gasteiger partial charge in [0, 0.05) is 6.04 Å². The molecule has 2 atom stereocenters. The minimum absolute atomic E-state index is 0.0895. The highest BCUT2D eigenvalue weighted by Crippen LogP contribution is 2.22. The molecule has 0 spiro atoms. The zero-order valence-electron chi connectivity index (χ0n) is 16.8. The summed E-state index contributed by atoms with van der Waals surface area (Å²) in [6, 6.07) is 14.2. The van der Waals surface area contributed by atoms with E-state index < -0.39 is 6.04 Å². The van der Waals surface area contributed by atoms with E-state index in [2.05, 4.69) is 15.6 Å². The van der Waals surface area contributed by atoms with Crippen LogP contribution in [0.25, 0.3) is 11.0 Å². The lowest BCUT2D eigenvalue weighted by molar-refractivity contribution is -0.122. The van der Waals surface area contributed by atoms with Gasteiger partial charge in [-0.1, -0.05) is 42.8 Å². The number of nitrogens with one attached hydrogen (secondary N) is 2. The van der Waals surface area contributed by atoms with Crippen molar-refractivity contribution in [3.8, 4) is 0 Å². The molecular weight excluding hydrogens is 388 g/mol. The summed E-state index contributed by atoms with van der Waals surface area (Å²) in [6.07, 6.45) is 0.855. The van der Waals surface area contributed by atoms with E-state index in [1.165, 1.54) is 0 Å². The van der Waals surface area contributed by atoms with Gasteiger partial charge in [-0.3, -0.25) is 9.59 Å². The Labute approximate surface area is 175 Å². The molecule has 3 rings (SSSR count). The zero-order chi connectivity index (χ0) is 21.0. The van der Waals surface area contributed by atoms with Gasteiger partial charge in [0.25, 0.3) is 5.91 Å². The normalized spacial score (nSPS) is 13.1. The summed E-state index contributed by atoms with van der Waals surface area (Å²) in [5.74, 6) is 0.241. The molecule has 2 aromatic carbocycles. The topological polar surface area (TPSA) is 76.0 Å². The fraction of sp³-hybridized carbons (Fsp3) is 0.318. The van der Waals surface area contributed by atoms with Gasteiger partial charge in [0.05, 0.1) is 27.7 Å². The summed E-state index contributed by atoms with van der Waals surface area (Å²) in [6.45, 7) is 5.97. The maximum Gasteiger partial charge on any atom is 0.253 e. The van der Waals surface area contributed by atoms with Crippen molar-refractivity contribution < 1.29 is 9.59 Å². The van der Waals surface area contributed by atoms with Gasteiger partial charge in [0.15, 0.2) is 0 Å². The predicted molar refractivity (Wildman–Crippen MR) is 115 cm³/mol. The molecule has 1 heterocycles. The second-order valence-corrected chi connectivity index (χ2v) is 7.50. The van der Waals surface area contributed by atoms with Crippen LogP contribution >= 0.6 is 11.6 Å². The predicted octanol–water partition coefficient (Wildman–Crippen LogP) is 4.10. The minimum atomic E-state index is -0.414. The minimum Gasteiger partial charge on any atom is -0.352 e. The molecule has 0 aliphatic heterocycles. The Morgan fingerprint density at radius 3 is 2.48 bits per heavy atom. The van der Waals surface area contributed by atoms with Gasteiger partial charge in [-0.2, -0.15) is 0 Å². The van der Waals surface area contributed by atoms with Gasteiger partial charge in [0.2, 0.25) is 5.91 Å². The second kappa shape index (κ2) is 9.09. The quantitative estimate of drug-likeness (QED) is 0.613. The van der Waals surface area contributed by atoms with Crippen LogP contribution < -0.4 is 10.6 Å². The Morgan fingerprint density at radius 2 is 1.76 bits per heavy atom. The molecule has 0 aliphatic carbocycles. The monoisotopic (exact) mass is 412 g/mol. The van der Waals surface area contributed by atoms with E-state index in [1.54, 1.807) is 24.3 Å². The lowest BCUT2D eigenvalue weighted by Crippen LogP contribution is -2.36. The smallest absolute Gasteiger partial charge is 0.253 e. The molecule has 0 fully saturated rings. The van der Waals surface area contributed by atoms with Crippen molar-refractivity contribution in [2.75, 3.05) is 0 Å². The Morgan fingerprint density at radius 1 is 1.07 bits per heavy atom. The highest BCUT2D eigenvalue weighted by molar-refractivity contribution is 6.33. The summed E-state index contributed by atoms with van der Waals surface area (Å²) in [4.78, 5) is 29.9. The van der Waals surface area contributed by atoms with Crippen molar-refractivity contribution in [1.29, 1.82) is 0 Å². The van der Waals surface area contributed by atoms with E-state index in [0.29, 0.717) is 16.4 Å². The molecule has 0 radical (unpaired) electrons. The lowest BCUT2D eigenvalue weighted by atomic mass is 10.2. The standard InChI is InChI=1S/C22H25ClN4O2/c1-4-14(2)24-20(28)13-27-19-12-8-7-11-18(19)26-21(27)15(3)25-22(29)16-9-5-6-10-17(16)23/h5-12,14-15H,4,13H2,1-3H3,(H,24,28)(H,25,29). The number of hydrogen-bond donors (Lipinski definition) is 2. The summed E-state index contributed by atoms with van der Waals surface area (Å²) >= 11 is 6.14. The first-order valence-electron chi connectivity index (χ1n) is 9.70. The maximum absolute atomic E-state index is 12.7. The van der Waals surface area contributed by atoms with Crippen LogP contribution in [0, 0.1) is 0 Å². The molecule has 0 bridgehead atoms. The molecule has 7 heteroatoms. The molecule has 2 unspecified atom stereocenters. The van der Waals surface area contributed by atoms with Crippen molar-refractivity contribution in [3.63, 3.8) is 0 Å². The van der Waals surface area contributed by atoms with Gasteiger partial charge >= 0.3 is 0 Å². The highest BCUT2D eigenvalue weighted by atomic mass is 35.5. The largest absolute Gasteiger partial charge is 0.352 e. The molecule has 152 valence electrons. The van der Waals surface area contributed by atoms with Crippen LogP contribution in [0.4, 0.5) is 0 Å². The SMILES string of the molecule is CCC(C)NC(=O)Cn1c(C(C)NC(=O)c2ccccc2Cl)nc2ccccc21. The molecule has 2 N–H and O–H groups in total. The van der Waals surface area contributed by atoms with Gasteiger partial charge in [-0.25, -0.2) is 4.98 Å². The third kappa shape index (κ3) is 4.77. The first kappa shape index (κ1) is 20.9. The average Bonchev–Trinajstić information content (AvgIpc) is 3.06. The highest BCUT2D eigenvalue weighted by Gasteiger charge is 2.21. The molecular formula is C22H25ClN4O2. The number of imidazole rings is 1. The van der Waals surface area contributed by atoms with Crippen LogP contribution in [0.15, 0.2) is 48.5 Å². The Kier molecular flexibility index (Phi) is 6.54. The van der Waals surface area contributed by atoms with Crippen LogP contribution in [-0.4, -0.2) is 27.4 Å². The summed E-state index contributed by atoms with van der Waals surface area (Å²) < 4.78 is 1.85. The lowest BCUT2D eigenvalue weighted by Gasteiger charge is -2.18. The molecule has 29 heavy (non-hydrogen) atoms. The molecule has 0 saturated carbocycles. The Balaban J connectivity index is 1.88. The first-order chi connectivity index (χ1) is 13.9. The molecule has 1 aromatic heterocycles. The third-order valence-corrected chi connectivity index (χ3v) is 5.19. The van der Waals surface area contributed by atoms with Gasteiger partial charge in [0.1, 0.15) is 12.4 Å². The van der Waals surface area contributed by atoms with Gasteiger partial charge in [-0.15, -0.1) is 0 Å². The van der Waals surface area contributed by atoms with Crippen molar-refractivity contribution in [3.05, 3.63) is 64.9 Å². The number of carbonyl (C=O) groups excluding carboxylic acids is 2. The van der Waals surface area contributed by atoms with E-state index in [9.17, 15) is 9.59 Å². The first-order valence-corrected chi connectivity index (χ1v) is 10.1. The molecule has 2 amide bonds. The van der Waals surface area contributed by atoms with Gasteiger partial charge in [-0.05, 0) is 44.5 Å². The molecule has 0 aliphatic rings. The van der Waals surface area contributed by atoms with Crippen LogP contribution in [0.2, 0.25) is 5.02 Å². The summed E-state index contributed by atoms with van der Waals surface area (Å²) in [7, 11) is 0. The fourth-order valence-corrected chi connectivity index (χ4v) is 3.36. The molecule has 0 saturated heterocycles. The number of halogens is 1. The Bertz CT molecular complexity index is 1030. The van der Waals surface area contributed by atoms with Crippen LogP contribution in [-0.2, 0) is 11.3 Å². The fourth-order valence-electron chi connectivity index (χ4n) is 3.14. The van der Waals surface area contributed by atoms with Crippen molar-refractivity contribution in [2.24, 2.45) is 0 Å². The number of benzene rings is 2. The average molecular weight is 413 g/mol. The van der Waals surface area contributed by atoms with Crippen LogP contribution in [0.5, 0.6) is 0 Å². The molecule has 6 nitrogen and oxygen atoms in total. The summed E-state index contributed by atoms with van der Waals surface area (Å²) in [5.41, 5.74) is 2.02. The van der Waals surface area contributed by atoms with Gasteiger partial charge < -0.3 is 15.2 Å². The zero-order valence-corrected chi connectivity index (χ0v) is 17.5. The van der Waals surface area contributed by atoms with Crippen LogP contribution in [0.3, 0.4) is 0 Å².